The summed E-state index contributed by atoms with van der Waals surface area (Å²) in [5, 5.41) is 7.36. The first-order valence-corrected chi connectivity index (χ1v) is 6.64. The summed E-state index contributed by atoms with van der Waals surface area (Å²) in [5.41, 5.74) is 1.74. The third kappa shape index (κ3) is 3.40. The maximum absolute atomic E-state index is 13.7. The van der Waals surface area contributed by atoms with Crippen molar-refractivity contribution in [1.82, 2.24) is 15.1 Å². The van der Waals surface area contributed by atoms with E-state index in [-0.39, 0.29) is 5.82 Å². The molecule has 0 spiro atoms. The molecular weight excluding hydrogens is 297 g/mol. The number of benzene rings is 1. The molecule has 1 heterocycles. The summed E-state index contributed by atoms with van der Waals surface area (Å²) >= 11 is 3.33. The third-order valence-corrected chi connectivity index (χ3v) is 3.03. The molecule has 0 amide bonds. The predicted octanol–water partition coefficient (Wildman–Crippen LogP) is 2.94. The normalized spacial score (nSPS) is 10.8. The maximum atomic E-state index is 13.7. The van der Waals surface area contributed by atoms with Gasteiger partial charge >= 0.3 is 0 Å². The highest BCUT2D eigenvalue weighted by molar-refractivity contribution is 9.10. The van der Waals surface area contributed by atoms with Crippen molar-refractivity contribution in [2.75, 3.05) is 6.54 Å². The van der Waals surface area contributed by atoms with Gasteiger partial charge < -0.3 is 5.32 Å². The minimum absolute atomic E-state index is 0.193. The molecule has 2 aromatic rings. The molecule has 0 saturated heterocycles. The van der Waals surface area contributed by atoms with Crippen LogP contribution >= 0.6 is 15.9 Å². The van der Waals surface area contributed by atoms with E-state index in [2.05, 4.69) is 26.3 Å². The van der Waals surface area contributed by atoms with Crippen LogP contribution in [0.15, 0.2) is 35.1 Å². The molecule has 0 fully saturated rings. The molecule has 0 unspecified atom stereocenters. The van der Waals surface area contributed by atoms with Crippen LogP contribution < -0.4 is 5.32 Å². The van der Waals surface area contributed by atoms with Gasteiger partial charge in [0.1, 0.15) is 5.82 Å². The quantitative estimate of drug-likeness (QED) is 0.920. The van der Waals surface area contributed by atoms with Crippen molar-refractivity contribution in [3.63, 3.8) is 0 Å². The van der Waals surface area contributed by atoms with E-state index in [4.69, 9.17) is 0 Å². The Morgan fingerprint density at radius 3 is 2.94 bits per heavy atom. The van der Waals surface area contributed by atoms with Crippen LogP contribution in [0.25, 0.3) is 0 Å². The lowest BCUT2D eigenvalue weighted by Gasteiger charge is -2.07. The van der Waals surface area contributed by atoms with Gasteiger partial charge in [0.15, 0.2) is 0 Å². The molecule has 0 saturated carbocycles. The molecule has 18 heavy (non-hydrogen) atoms. The fourth-order valence-electron chi connectivity index (χ4n) is 1.73. The molecule has 2 rings (SSSR count). The number of halogens is 2. The van der Waals surface area contributed by atoms with Crippen molar-refractivity contribution in [3.8, 4) is 0 Å². The van der Waals surface area contributed by atoms with Crippen LogP contribution in [0.3, 0.4) is 0 Å². The third-order valence-electron chi connectivity index (χ3n) is 2.62. The van der Waals surface area contributed by atoms with E-state index in [9.17, 15) is 4.39 Å². The van der Waals surface area contributed by atoms with Crippen molar-refractivity contribution in [3.05, 3.63) is 52.0 Å². The molecule has 1 aromatic carbocycles. The average molecular weight is 312 g/mol. The highest BCUT2D eigenvalue weighted by Crippen LogP contribution is 2.14. The fourth-order valence-corrected chi connectivity index (χ4v) is 2.06. The van der Waals surface area contributed by atoms with Crippen LogP contribution in [0.2, 0.25) is 0 Å². The van der Waals surface area contributed by atoms with Gasteiger partial charge in [-0.2, -0.15) is 5.10 Å². The number of hydrogen-bond acceptors (Lipinski definition) is 2. The van der Waals surface area contributed by atoms with Gasteiger partial charge in [-0.05, 0) is 40.2 Å². The zero-order valence-corrected chi connectivity index (χ0v) is 11.7. The summed E-state index contributed by atoms with van der Waals surface area (Å²) in [6.45, 7) is 4.15. The van der Waals surface area contributed by atoms with Crippen molar-refractivity contribution < 1.29 is 4.39 Å². The molecule has 96 valence electrons. The largest absolute Gasteiger partial charge is 0.313 e. The zero-order chi connectivity index (χ0) is 13.0. The van der Waals surface area contributed by atoms with Gasteiger partial charge in [0.2, 0.25) is 0 Å². The van der Waals surface area contributed by atoms with Crippen molar-refractivity contribution >= 4 is 15.9 Å². The predicted molar refractivity (Wildman–Crippen MR) is 72.8 cm³/mol. The highest BCUT2D eigenvalue weighted by atomic mass is 79.9. The topological polar surface area (TPSA) is 29.9 Å². The first-order valence-electron chi connectivity index (χ1n) is 5.85. The second kappa shape index (κ2) is 6.11. The van der Waals surface area contributed by atoms with Gasteiger partial charge in [-0.25, -0.2) is 4.39 Å². The van der Waals surface area contributed by atoms with Crippen LogP contribution in [0.4, 0.5) is 4.39 Å². The molecule has 5 heteroatoms. The molecule has 0 radical (unpaired) electrons. The minimum Gasteiger partial charge on any atom is -0.313 e. The number of aromatic nitrogens is 2. The Labute approximate surface area is 114 Å². The highest BCUT2D eigenvalue weighted by Gasteiger charge is 2.05. The monoisotopic (exact) mass is 311 g/mol. The van der Waals surface area contributed by atoms with Crippen LogP contribution in [-0.4, -0.2) is 16.3 Å². The van der Waals surface area contributed by atoms with E-state index in [0.717, 1.165) is 23.1 Å². The second-order valence-electron chi connectivity index (χ2n) is 4.06. The van der Waals surface area contributed by atoms with E-state index in [1.54, 1.807) is 16.9 Å². The first-order chi connectivity index (χ1) is 8.69. The van der Waals surface area contributed by atoms with Gasteiger partial charge in [0.25, 0.3) is 0 Å². The standard InChI is InChI=1S/C13H15BrFN3/c1-2-16-6-10-3-4-13(15)11(5-10)8-18-9-12(14)7-17-18/h3-5,7,9,16H,2,6,8H2,1H3. The second-order valence-corrected chi connectivity index (χ2v) is 4.98. The molecule has 1 N–H and O–H groups in total. The summed E-state index contributed by atoms with van der Waals surface area (Å²) in [4.78, 5) is 0. The van der Waals surface area contributed by atoms with Gasteiger partial charge in [-0.15, -0.1) is 0 Å². The zero-order valence-electron chi connectivity index (χ0n) is 10.2. The van der Waals surface area contributed by atoms with Crippen LogP contribution in [0.5, 0.6) is 0 Å². The number of hydrogen-bond donors (Lipinski definition) is 1. The first kappa shape index (κ1) is 13.2. The van der Waals surface area contributed by atoms with Crippen LogP contribution in [0, 0.1) is 5.82 Å². The van der Waals surface area contributed by atoms with Gasteiger partial charge in [0, 0.05) is 18.3 Å². The van der Waals surface area contributed by atoms with Crippen LogP contribution in [-0.2, 0) is 13.1 Å². The molecule has 0 aliphatic heterocycles. The van der Waals surface area contributed by atoms with Crippen molar-refractivity contribution in [2.45, 2.75) is 20.0 Å². The summed E-state index contributed by atoms with van der Waals surface area (Å²) in [6.07, 6.45) is 3.52. The number of rotatable bonds is 5. The lowest BCUT2D eigenvalue weighted by molar-refractivity contribution is 0.583. The SMILES string of the molecule is CCNCc1ccc(F)c(Cn2cc(Br)cn2)c1. The summed E-state index contributed by atoms with van der Waals surface area (Å²) in [5.74, 6) is -0.193. The van der Waals surface area contributed by atoms with E-state index >= 15 is 0 Å². The Hall–Kier alpha value is -1.20. The fraction of sp³-hybridized carbons (Fsp3) is 0.308. The Balaban J connectivity index is 2.15. The summed E-state index contributed by atoms with van der Waals surface area (Å²) in [7, 11) is 0. The Kier molecular flexibility index (Phi) is 4.49. The van der Waals surface area contributed by atoms with Gasteiger partial charge in [-0.1, -0.05) is 13.0 Å². The molecule has 0 aliphatic rings. The van der Waals surface area contributed by atoms with Crippen molar-refractivity contribution in [1.29, 1.82) is 0 Å². The minimum atomic E-state index is -0.193. The molecule has 1 aromatic heterocycles. The smallest absolute Gasteiger partial charge is 0.128 e. The Morgan fingerprint density at radius 2 is 2.28 bits per heavy atom. The van der Waals surface area contributed by atoms with Gasteiger partial charge in [-0.3, -0.25) is 4.68 Å². The lowest BCUT2D eigenvalue weighted by atomic mass is 10.1. The average Bonchev–Trinajstić information content (AvgIpc) is 2.76. The van der Waals surface area contributed by atoms with E-state index in [1.165, 1.54) is 6.07 Å². The summed E-state index contributed by atoms with van der Waals surface area (Å²) < 4.78 is 16.3. The number of nitrogens with zero attached hydrogens (tertiary/aromatic N) is 2. The Bertz CT molecular complexity index is 525. The Morgan fingerprint density at radius 1 is 1.44 bits per heavy atom. The molecule has 3 nitrogen and oxygen atoms in total. The molecule has 0 bridgehead atoms. The molecule has 0 aliphatic carbocycles. The lowest BCUT2D eigenvalue weighted by Crippen LogP contribution is -2.12. The van der Waals surface area contributed by atoms with E-state index < -0.39 is 0 Å². The maximum Gasteiger partial charge on any atom is 0.128 e. The number of nitrogens with one attached hydrogen (secondary N) is 1. The van der Waals surface area contributed by atoms with Gasteiger partial charge in [0.05, 0.1) is 17.2 Å². The van der Waals surface area contributed by atoms with Crippen molar-refractivity contribution in [2.24, 2.45) is 0 Å². The molecular formula is C13H15BrFN3. The van der Waals surface area contributed by atoms with E-state index in [0.29, 0.717) is 12.1 Å². The summed E-state index contributed by atoms with van der Waals surface area (Å²) in [6, 6.07) is 5.20. The molecule has 0 atom stereocenters. The van der Waals surface area contributed by atoms with E-state index in [1.807, 2.05) is 19.2 Å². The van der Waals surface area contributed by atoms with Crippen LogP contribution in [0.1, 0.15) is 18.1 Å².